The van der Waals surface area contributed by atoms with Crippen LogP contribution in [-0.4, -0.2) is 7.05 Å². The van der Waals surface area contributed by atoms with Crippen molar-refractivity contribution in [2.24, 2.45) is 5.73 Å². The highest BCUT2D eigenvalue weighted by molar-refractivity contribution is 5.14. The van der Waals surface area contributed by atoms with Crippen molar-refractivity contribution in [1.82, 2.24) is 5.32 Å². The first-order valence-corrected chi connectivity index (χ1v) is 2.47. The van der Waals surface area contributed by atoms with E-state index in [9.17, 15) is 0 Å². The zero-order valence-corrected chi connectivity index (χ0v) is 5.36. The molecule has 0 aromatic carbocycles. The van der Waals surface area contributed by atoms with Gasteiger partial charge in [-0.15, -0.1) is 0 Å². The maximum atomic E-state index is 5.36. The van der Waals surface area contributed by atoms with Crippen LogP contribution in [0.2, 0.25) is 0 Å². The van der Waals surface area contributed by atoms with E-state index in [2.05, 4.69) is 11.9 Å². The summed E-state index contributed by atoms with van der Waals surface area (Å²) in [5.74, 6) is 0.650. The van der Waals surface area contributed by atoms with Crippen LogP contribution >= 0.6 is 0 Å². The van der Waals surface area contributed by atoms with Gasteiger partial charge in [0.15, 0.2) is 0 Å². The second-order valence-corrected chi connectivity index (χ2v) is 1.70. The van der Waals surface area contributed by atoms with Crippen LogP contribution in [0.1, 0.15) is 6.92 Å². The Balaban J connectivity index is 3.75. The Bertz CT molecular complexity index is 114. The van der Waals surface area contributed by atoms with Crippen LogP contribution < -0.4 is 11.1 Å². The Morgan fingerprint density at radius 3 is 2.38 bits per heavy atom. The van der Waals surface area contributed by atoms with E-state index in [1.165, 1.54) is 0 Å². The van der Waals surface area contributed by atoms with E-state index in [0.717, 1.165) is 5.57 Å². The normalized spacial score (nSPS) is 11.0. The van der Waals surface area contributed by atoms with Crippen molar-refractivity contribution in [2.45, 2.75) is 6.92 Å². The van der Waals surface area contributed by atoms with E-state index in [0.29, 0.717) is 5.82 Å². The van der Waals surface area contributed by atoms with Crippen molar-refractivity contribution in [3.05, 3.63) is 24.0 Å². The Kier molecular flexibility index (Phi) is 2.77. The summed E-state index contributed by atoms with van der Waals surface area (Å²) in [6.45, 7) is 5.54. The molecule has 0 rings (SSSR count). The third-order valence-corrected chi connectivity index (χ3v) is 0.691. The highest BCUT2D eigenvalue weighted by Crippen LogP contribution is 1.88. The van der Waals surface area contributed by atoms with Gasteiger partial charge in [0.1, 0.15) is 0 Å². The summed E-state index contributed by atoms with van der Waals surface area (Å²) in [5, 5.41) is 2.77. The summed E-state index contributed by atoms with van der Waals surface area (Å²) in [4.78, 5) is 0. The quantitative estimate of drug-likeness (QED) is 0.513. The maximum Gasteiger partial charge on any atom is 0.0959 e. The minimum absolute atomic E-state index is 0.650. The fourth-order valence-electron chi connectivity index (χ4n) is 0.338. The predicted molar refractivity (Wildman–Crippen MR) is 36.1 cm³/mol. The summed E-state index contributed by atoms with van der Waals surface area (Å²) >= 11 is 0. The van der Waals surface area contributed by atoms with E-state index in [1.54, 1.807) is 13.1 Å². The Morgan fingerprint density at radius 1 is 1.75 bits per heavy atom. The summed E-state index contributed by atoms with van der Waals surface area (Å²) < 4.78 is 0. The van der Waals surface area contributed by atoms with Crippen LogP contribution in [0.5, 0.6) is 0 Å². The minimum Gasteiger partial charge on any atom is -0.386 e. The lowest BCUT2D eigenvalue weighted by Gasteiger charge is -1.96. The molecular formula is C6H12N2. The van der Waals surface area contributed by atoms with Gasteiger partial charge in [0.25, 0.3) is 0 Å². The molecule has 0 aromatic heterocycles. The summed E-state index contributed by atoms with van der Waals surface area (Å²) in [7, 11) is 1.77. The molecule has 0 heterocycles. The number of nitrogens with one attached hydrogen (secondary N) is 1. The van der Waals surface area contributed by atoms with Gasteiger partial charge in [0.2, 0.25) is 0 Å². The molecule has 0 fully saturated rings. The molecule has 0 bridgehead atoms. The third-order valence-electron chi connectivity index (χ3n) is 0.691. The summed E-state index contributed by atoms with van der Waals surface area (Å²) in [6.07, 6.45) is 1.78. The number of hydrogen-bond acceptors (Lipinski definition) is 2. The van der Waals surface area contributed by atoms with E-state index < -0.39 is 0 Å². The molecule has 0 spiro atoms. The first-order valence-electron chi connectivity index (χ1n) is 2.47. The van der Waals surface area contributed by atoms with Gasteiger partial charge < -0.3 is 11.1 Å². The molecule has 0 aromatic rings. The summed E-state index contributed by atoms with van der Waals surface area (Å²) in [5.41, 5.74) is 6.32. The lowest BCUT2D eigenvalue weighted by molar-refractivity contribution is 0.962. The fourth-order valence-corrected chi connectivity index (χ4v) is 0.338. The second kappa shape index (κ2) is 3.13. The molecule has 0 aliphatic rings. The molecule has 8 heavy (non-hydrogen) atoms. The molecule has 0 atom stereocenters. The highest BCUT2D eigenvalue weighted by atomic mass is 14.9. The topological polar surface area (TPSA) is 38.0 Å². The highest BCUT2D eigenvalue weighted by Gasteiger charge is 1.79. The molecule has 0 aliphatic heterocycles. The van der Waals surface area contributed by atoms with Crippen molar-refractivity contribution in [3.8, 4) is 0 Å². The SMILES string of the molecule is C=C(C)/C=C(/N)NC. The van der Waals surface area contributed by atoms with Crippen molar-refractivity contribution in [1.29, 1.82) is 0 Å². The molecule has 0 aliphatic carbocycles. The van der Waals surface area contributed by atoms with Gasteiger partial charge in [-0.1, -0.05) is 12.2 Å². The van der Waals surface area contributed by atoms with E-state index in [-0.39, 0.29) is 0 Å². The Hall–Kier alpha value is -0.920. The largest absolute Gasteiger partial charge is 0.386 e. The molecule has 3 N–H and O–H groups in total. The van der Waals surface area contributed by atoms with E-state index in [4.69, 9.17) is 5.73 Å². The average Bonchev–Trinajstić information content (AvgIpc) is 1.65. The van der Waals surface area contributed by atoms with Crippen LogP contribution in [0.25, 0.3) is 0 Å². The number of hydrogen-bond donors (Lipinski definition) is 2. The first-order chi connectivity index (χ1) is 3.66. The molecule has 46 valence electrons. The lowest BCUT2D eigenvalue weighted by atomic mass is 10.3. The smallest absolute Gasteiger partial charge is 0.0959 e. The van der Waals surface area contributed by atoms with Gasteiger partial charge >= 0.3 is 0 Å². The monoisotopic (exact) mass is 112 g/mol. The van der Waals surface area contributed by atoms with Crippen LogP contribution in [0.3, 0.4) is 0 Å². The zero-order valence-electron chi connectivity index (χ0n) is 5.36. The van der Waals surface area contributed by atoms with Crippen LogP contribution in [0, 0.1) is 0 Å². The van der Waals surface area contributed by atoms with Crippen molar-refractivity contribution >= 4 is 0 Å². The molecule has 0 amide bonds. The molecule has 0 radical (unpaired) electrons. The van der Waals surface area contributed by atoms with Gasteiger partial charge in [-0.05, 0) is 13.0 Å². The van der Waals surface area contributed by atoms with Gasteiger partial charge in [-0.2, -0.15) is 0 Å². The number of allylic oxidation sites excluding steroid dienone is 2. The first kappa shape index (κ1) is 7.08. The maximum absolute atomic E-state index is 5.36. The molecule has 0 unspecified atom stereocenters. The van der Waals surface area contributed by atoms with Crippen molar-refractivity contribution < 1.29 is 0 Å². The Morgan fingerprint density at radius 2 is 2.25 bits per heavy atom. The van der Waals surface area contributed by atoms with Gasteiger partial charge in [-0.3, -0.25) is 0 Å². The molecular weight excluding hydrogens is 100 g/mol. The van der Waals surface area contributed by atoms with Gasteiger partial charge in [0, 0.05) is 7.05 Å². The second-order valence-electron chi connectivity index (χ2n) is 1.70. The standard InChI is InChI=1S/C6H12N2/c1-5(2)4-6(7)8-3/h4,8H,1,7H2,2-3H3/b6-4-. The average molecular weight is 112 g/mol. The molecule has 0 saturated carbocycles. The lowest BCUT2D eigenvalue weighted by Crippen LogP contribution is -2.14. The van der Waals surface area contributed by atoms with Crippen LogP contribution in [0.4, 0.5) is 0 Å². The predicted octanol–water partition coefficient (Wildman–Crippen LogP) is 0.582. The Labute approximate surface area is 50.1 Å². The third kappa shape index (κ3) is 3.28. The van der Waals surface area contributed by atoms with Gasteiger partial charge in [-0.25, -0.2) is 0 Å². The van der Waals surface area contributed by atoms with Crippen molar-refractivity contribution in [3.63, 3.8) is 0 Å². The molecule has 2 nitrogen and oxygen atoms in total. The summed E-state index contributed by atoms with van der Waals surface area (Å²) in [6, 6.07) is 0. The van der Waals surface area contributed by atoms with Crippen molar-refractivity contribution in [2.75, 3.05) is 7.05 Å². The van der Waals surface area contributed by atoms with E-state index in [1.807, 2.05) is 6.92 Å². The number of nitrogens with two attached hydrogens (primary N) is 1. The van der Waals surface area contributed by atoms with Crippen LogP contribution in [0.15, 0.2) is 24.0 Å². The molecule has 2 heteroatoms. The van der Waals surface area contributed by atoms with Crippen LogP contribution in [-0.2, 0) is 0 Å². The minimum atomic E-state index is 0.650. The number of rotatable bonds is 2. The molecule has 0 saturated heterocycles. The van der Waals surface area contributed by atoms with E-state index >= 15 is 0 Å². The zero-order chi connectivity index (χ0) is 6.57. The van der Waals surface area contributed by atoms with Gasteiger partial charge in [0.05, 0.1) is 5.82 Å². The fraction of sp³-hybridized carbons (Fsp3) is 0.333.